The van der Waals surface area contributed by atoms with E-state index in [0.717, 1.165) is 5.82 Å². The van der Waals surface area contributed by atoms with E-state index in [9.17, 15) is 4.79 Å². The van der Waals surface area contributed by atoms with E-state index in [1.807, 2.05) is 13.8 Å². The van der Waals surface area contributed by atoms with Crippen LogP contribution in [0.2, 0.25) is 0 Å². The third-order valence-electron chi connectivity index (χ3n) is 2.77. The summed E-state index contributed by atoms with van der Waals surface area (Å²) in [5.74, 6) is -0.293. The van der Waals surface area contributed by atoms with Gasteiger partial charge in [0.2, 0.25) is 0 Å². The van der Waals surface area contributed by atoms with Gasteiger partial charge in [-0.3, -0.25) is 4.79 Å². The van der Waals surface area contributed by atoms with Crippen LogP contribution >= 0.6 is 0 Å². The van der Waals surface area contributed by atoms with Gasteiger partial charge < -0.3 is 10.8 Å². The molecule has 2 heterocycles. The number of aliphatic carboxylic acids is 1. The Morgan fingerprint density at radius 3 is 2.90 bits per heavy atom. The summed E-state index contributed by atoms with van der Waals surface area (Å²) in [6.07, 6.45) is 3.31. The molecule has 0 aliphatic rings. The third kappa shape index (κ3) is 3.18. The lowest BCUT2D eigenvalue weighted by Gasteiger charge is -2.08. The van der Waals surface area contributed by atoms with Gasteiger partial charge in [-0.25, -0.2) is 14.3 Å². The van der Waals surface area contributed by atoms with Gasteiger partial charge in [-0.15, -0.1) is 5.10 Å². The molecule has 0 aliphatic carbocycles. The fourth-order valence-corrected chi connectivity index (χ4v) is 1.79. The molecule has 20 heavy (non-hydrogen) atoms. The second kappa shape index (κ2) is 5.78. The molecule has 9 nitrogen and oxygen atoms in total. The van der Waals surface area contributed by atoms with Gasteiger partial charge in [-0.1, -0.05) is 5.21 Å². The van der Waals surface area contributed by atoms with Crippen LogP contribution in [0.25, 0.3) is 0 Å². The summed E-state index contributed by atoms with van der Waals surface area (Å²) in [7, 11) is 0. The summed E-state index contributed by atoms with van der Waals surface area (Å²) >= 11 is 0. The highest BCUT2D eigenvalue weighted by atomic mass is 16.4. The van der Waals surface area contributed by atoms with E-state index in [4.69, 9.17) is 10.8 Å². The van der Waals surface area contributed by atoms with E-state index in [0.29, 0.717) is 12.2 Å². The first kappa shape index (κ1) is 14.1. The summed E-state index contributed by atoms with van der Waals surface area (Å²) in [6, 6.07) is -0.768. The van der Waals surface area contributed by atoms with E-state index in [-0.39, 0.29) is 12.5 Å². The van der Waals surface area contributed by atoms with Crippen LogP contribution in [-0.4, -0.2) is 46.9 Å². The second-order valence-electron chi connectivity index (χ2n) is 4.77. The zero-order valence-electron chi connectivity index (χ0n) is 11.3. The number of carbonyl (C=O) groups is 1. The first-order chi connectivity index (χ1) is 9.47. The van der Waals surface area contributed by atoms with Gasteiger partial charge in [0.05, 0.1) is 5.69 Å². The van der Waals surface area contributed by atoms with E-state index >= 15 is 0 Å². The summed E-state index contributed by atoms with van der Waals surface area (Å²) in [5, 5.41) is 20.7. The maximum absolute atomic E-state index is 10.7. The van der Waals surface area contributed by atoms with Crippen molar-refractivity contribution < 1.29 is 9.90 Å². The van der Waals surface area contributed by atoms with Gasteiger partial charge >= 0.3 is 5.97 Å². The van der Waals surface area contributed by atoms with E-state index < -0.39 is 12.0 Å². The normalized spacial score (nSPS) is 12.8. The van der Waals surface area contributed by atoms with Gasteiger partial charge in [-0.2, -0.15) is 5.10 Å². The number of carboxylic acid groups (broad SMARTS) is 1. The highest BCUT2D eigenvalue weighted by Gasteiger charge is 2.15. The molecular formula is C11H17N7O2. The van der Waals surface area contributed by atoms with Crippen LogP contribution < -0.4 is 5.73 Å². The van der Waals surface area contributed by atoms with E-state index in [1.165, 1.54) is 6.33 Å². The van der Waals surface area contributed by atoms with Crippen molar-refractivity contribution in [1.82, 2.24) is 29.8 Å². The second-order valence-corrected chi connectivity index (χ2v) is 4.77. The predicted molar refractivity (Wildman–Crippen MR) is 68.8 cm³/mol. The van der Waals surface area contributed by atoms with Crippen LogP contribution in [0.1, 0.15) is 31.4 Å². The fraction of sp³-hybridized carbons (Fsp3) is 0.545. The Bertz CT molecular complexity index is 589. The van der Waals surface area contributed by atoms with Crippen molar-refractivity contribution in [3.63, 3.8) is 0 Å². The molecule has 1 atom stereocenters. The Balaban J connectivity index is 2.06. The van der Waals surface area contributed by atoms with Crippen LogP contribution in [0, 0.1) is 0 Å². The molecule has 1 unspecified atom stereocenters. The molecule has 3 N–H and O–H groups in total. The molecule has 0 saturated heterocycles. The van der Waals surface area contributed by atoms with Gasteiger partial charge in [0.1, 0.15) is 24.7 Å². The van der Waals surface area contributed by atoms with Crippen LogP contribution in [-0.2, 0) is 17.8 Å². The lowest BCUT2D eigenvalue weighted by atomic mass is 10.2. The fourth-order valence-electron chi connectivity index (χ4n) is 1.79. The summed E-state index contributed by atoms with van der Waals surface area (Å²) in [6.45, 7) is 4.45. The van der Waals surface area contributed by atoms with E-state index in [2.05, 4.69) is 20.4 Å². The topological polar surface area (TPSA) is 125 Å². The zero-order chi connectivity index (χ0) is 14.7. The Labute approximate surface area is 115 Å². The molecule has 0 amide bonds. The lowest BCUT2D eigenvalue weighted by molar-refractivity contribution is -0.138. The average molecular weight is 279 g/mol. The molecule has 0 aliphatic heterocycles. The van der Waals surface area contributed by atoms with Crippen LogP contribution in [0.15, 0.2) is 12.5 Å². The Morgan fingerprint density at radius 2 is 2.25 bits per heavy atom. The zero-order valence-corrected chi connectivity index (χ0v) is 11.3. The number of hydrogen-bond acceptors (Lipinski definition) is 6. The van der Waals surface area contributed by atoms with Crippen molar-refractivity contribution in [2.75, 3.05) is 0 Å². The molecule has 0 fully saturated rings. The van der Waals surface area contributed by atoms with Gasteiger partial charge in [-0.05, 0) is 13.8 Å². The number of hydrogen-bond donors (Lipinski definition) is 2. The molecule has 108 valence electrons. The minimum Gasteiger partial charge on any atom is -0.480 e. The first-order valence-corrected chi connectivity index (χ1v) is 6.23. The largest absolute Gasteiger partial charge is 0.480 e. The summed E-state index contributed by atoms with van der Waals surface area (Å²) < 4.78 is 3.39. The Kier molecular flexibility index (Phi) is 4.08. The molecule has 0 bridgehead atoms. The molecule has 0 radical (unpaired) electrons. The van der Waals surface area contributed by atoms with Crippen molar-refractivity contribution in [2.45, 2.75) is 38.9 Å². The molecule has 2 aromatic rings. The van der Waals surface area contributed by atoms with Crippen molar-refractivity contribution in [3.8, 4) is 0 Å². The van der Waals surface area contributed by atoms with E-state index in [1.54, 1.807) is 15.6 Å². The minimum atomic E-state index is -1.06. The number of rotatable bonds is 6. The molecular weight excluding hydrogens is 262 g/mol. The molecule has 0 saturated carbocycles. The molecule has 9 heteroatoms. The molecule has 2 aromatic heterocycles. The number of nitrogens with two attached hydrogens (primary N) is 1. The minimum absolute atomic E-state index is 0.145. The smallest absolute Gasteiger partial charge is 0.320 e. The number of carboxylic acids is 1. The Morgan fingerprint density at radius 1 is 1.50 bits per heavy atom. The number of nitrogens with zero attached hydrogens (tertiary/aromatic N) is 6. The van der Waals surface area contributed by atoms with Gasteiger partial charge in [0.15, 0.2) is 0 Å². The van der Waals surface area contributed by atoms with Crippen LogP contribution in [0.4, 0.5) is 0 Å². The lowest BCUT2D eigenvalue weighted by Crippen LogP contribution is -2.32. The SMILES string of the molecule is CC(C)n1ncnc1Cn1cc(CC(N)C(=O)O)nn1. The number of aromatic nitrogens is 6. The molecule has 0 spiro atoms. The van der Waals surface area contributed by atoms with Gasteiger partial charge in [0, 0.05) is 18.7 Å². The third-order valence-corrected chi connectivity index (χ3v) is 2.77. The molecule has 0 aromatic carbocycles. The average Bonchev–Trinajstić information content (AvgIpc) is 2.99. The van der Waals surface area contributed by atoms with Crippen molar-refractivity contribution in [2.24, 2.45) is 5.73 Å². The highest BCUT2D eigenvalue weighted by Crippen LogP contribution is 2.07. The standard InChI is InChI=1S/C11H17N7O2/c1-7(2)18-10(13-6-14-18)5-17-4-8(15-16-17)3-9(12)11(19)20/h4,6-7,9H,3,5,12H2,1-2H3,(H,19,20). The van der Waals surface area contributed by atoms with Crippen molar-refractivity contribution in [3.05, 3.63) is 24.0 Å². The maximum atomic E-state index is 10.7. The summed E-state index contributed by atoms with van der Waals surface area (Å²) in [4.78, 5) is 14.9. The maximum Gasteiger partial charge on any atom is 0.320 e. The highest BCUT2D eigenvalue weighted by molar-refractivity contribution is 5.73. The predicted octanol–water partition coefficient (Wildman–Crippen LogP) is -0.547. The first-order valence-electron chi connectivity index (χ1n) is 6.23. The summed E-state index contributed by atoms with van der Waals surface area (Å²) in [5.41, 5.74) is 5.99. The monoisotopic (exact) mass is 279 g/mol. The van der Waals surface area contributed by atoms with Crippen LogP contribution in [0.5, 0.6) is 0 Å². The van der Waals surface area contributed by atoms with Crippen LogP contribution in [0.3, 0.4) is 0 Å². The Hall–Kier alpha value is -2.29. The van der Waals surface area contributed by atoms with Gasteiger partial charge in [0.25, 0.3) is 0 Å². The van der Waals surface area contributed by atoms with Crippen molar-refractivity contribution in [1.29, 1.82) is 0 Å². The van der Waals surface area contributed by atoms with Crippen molar-refractivity contribution >= 4 is 5.97 Å². The molecule has 2 rings (SSSR count). The quantitative estimate of drug-likeness (QED) is 0.727.